The molecule has 2 aliphatic carbocycles. The summed E-state index contributed by atoms with van der Waals surface area (Å²) in [5.74, 6) is -0.224. The summed E-state index contributed by atoms with van der Waals surface area (Å²) >= 11 is 0. The number of hydrogen-bond acceptors (Lipinski definition) is 4. The number of hydrogen-bond donors (Lipinski definition) is 1. The molecule has 0 saturated heterocycles. The van der Waals surface area contributed by atoms with E-state index in [1.807, 2.05) is 11.6 Å². The summed E-state index contributed by atoms with van der Waals surface area (Å²) in [6.45, 7) is 3.72. The van der Waals surface area contributed by atoms with Gasteiger partial charge in [0.25, 0.3) is 0 Å². The van der Waals surface area contributed by atoms with E-state index in [0.29, 0.717) is 5.92 Å². The van der Waals surface area contributed by atoms with Crippen LogP contribution >= 0.6 is 0 Å². The van der Waals surface area contributed by atoms with Crippen LogP contribution in [0.3, 0.4) is 0 Å². The van der Waals surface area contributed by atoms with E-state index < -0.39 is 21.8 Å². The van der Waals surface area contributed by atoms with Gasteiger partial charge < -0.3 is 0 Å². The lowest BCUT2D eigenvalue weighted by Gasteiger charge is -2.11. The maximum atomic E-state index is 11.5. The fourth-order valence-corrected chi connectivity index (χ4v) is 2.90. The number of rotatable bonds is 5. The molecule has 2 atom stereocenters. The van der Waals surface area contributed by atoms with Gasteiger partial charge in [0.15, 0.2) is 0 Å². The quantitative estimate of drug-likeness (QED) is 0.785. The Labute approximate surface area is 95.8 Å². The fraction of sp³-hybridized carbons (Fsp3) is 0.900. The molecule has 16 heavy (non-hydrogen) atoms. The van der Waals surface area contributed by atoms with Crippen LogP contribution < -0.4 is 4.72 Å². The van der Waals surface area contributed by atoms with Crippen LogP contribution in [0, 0.1) is 11.8 Å². The van der Waals surface area contributed by atoms with E-state index in [9.17, 15) is 13.2 Å². The Hall–Kier alpha value is -0.620. The van der Waals surface area contributed by atoms with Crippen molar-refractivity contribution in [2.75, 3.05) is 0 Å². The highest BCUT2D eigenvalue weighted by atomic mass is 32.2. The van der Waals surface area contributed by atoms with Crippen LogP contribution in [0.25, 0.3) is 0 Å². The largest absolute Gasteiger partial charge is 0.362 e. The lowest BCUT2D eigenvalue weighted by atomic mass is 10.2. The van der Waals surface area contributed by atoms with Gasteiger partial charge in [-0.2, -0.15) is 8.42 Å². The molecule has 0 aromatic carbocycles. The van der Waals surface area contributed by atoms with Crippen molar-refractivity contribution in [3.05, 3.63) is 0 Å². The van der Waals surface area contributed by atoms with Crippen LogP contribution in [0.15, 0.2) is 0 Å². The first-order chi connectivity index (χ1) is 7.35. The van der Waals surface area contributed by atoms with Gasteiger partial charge in [-0.3, -0.25) is 4.79 Å². The molecule has 0 unspecified atom stereocenters. The van der Waals surface area contributed by atoms with Crippen LogP contribution in [0.5, 0.6) is 0 Å². The van der Waals surface area contributed by atoms with Gasteiger partial charge in [-0.1, -0.05) is 13.3 Å². The third-order valence-electron chi connectivity index (χ3n) is 3.27. The molecule has 1 N–H and O–H groups in total. The minimum atomic E-state index is -3.91. The Balaban J connectivity index is 1.86. The number of nitrogens with one attached hydrogen (secondary N) is 1. The van der Waals surface area contributed by atoms with Crippen LogP contribution in [0.4, 0.5) is 0 Å². The summed E-state index contributed by atoms with van der Waals surface area (Å²) < 4.78 is 29.8. The molecule has 2 fully saturated rings. The average molecular weight is 247 g/mol. The van der Waals surface area contributed by atoms with Crippen molar-refractivity contribution in [2.45, 2.75) is 45.1 Å². The summed E-state index contributed by atoms with van der Waals surface area (Å²) in [6, 6.07) is 0. The van der Waals surface area contributed by atoms with E-state index in [1.165, 1.54) is 0 Å². The summed E-state index contributed by atoms with van der Waals surface area (Å²) in [5.41, 5.74) is -0.584. The molecular formula is C10H17NO4S. The normalized spacial score (nSPS) is 30.9. The minimum absolute atomic E-state index is 0.143. The lowest BCUT2D eigenvalue weighted by Crippen LogP contribution is -2.35. The number of carbonyl (C=O) groups is 1. The predicted octanol–water partition coefficient (Wildman–Crippen LogP) is 0.963. The summed E-state index contributed by atoms with van der Waals surface area (Å²) in [7, 11) is -3.91. The van der Waals surface area contributed by atoms with E-state index >= 15 is 0 Å². The number of carbonyl (C=O) groups excluding carboxylic acids is 1. The molecule has 2 rings (SSSR count). The monoisotopic (exact) mass is 247 g/mol. The van der Waals surface area contributed by atoms with Gasteiger partial charge >= 0.3 is 10.3 Å². The highest BCUT2D eigenvalue weighted by molar-refractivity contribution is 7.85. The zero-order chi connectivity index (χ0) is 12.0. The molecule has 92 valence electrons. The first kappa shape index (κ1) is 11.9. The van der Waals surface area contributed by atoms with Gasteiger partial charge in [0.05, 0.1) is 5.60 Å². The zero-order valence-electron chi connectivity index (χ0n) is 9.52. The maximum absolute atomic E-state index is 11.5. The minimum Gasteiger partial charge on any atom is -0.274 e. The van der Waals surface area contributed by atoms with Crippen LogP contribution in [0.1, 0.15) is 39.5 Å². The molecule has 2 saturated carbocycles. The fourth-order valence-electron chi connectivity index (χ4n) is 1.76. The second kappa shape index (κ2) is 3.70. The highest BCUT2D eigenvalue weighted by Crippen LogP contribution is 2.42. The third-order valence-corrected chi connectivity index (χ3v) is 4.35. The molecule has 5 nitrogen and oxygen atoms in total. The molecule has 1 amide bonds. The number of amides is 1. The molecule has 0 aromatic rings. The van der Waals surface area contributed by atoms with Gasteiger partial charge in [-0.25, -0.2) is 8.91 Å². The topological polar surface area (TPSA) is 72.5 Å². The van der Waals surface area contributed by atoms with Crippen molar-refractivity contribution in [3.63, 3.8) is 0 Å². The second-order valence-corrected chi connectivity index (χ2v) is 6.24. The standard InChI is InChI=1S/C10H17NO4S/c1-3-7-6-8(7)9(12)11-16(13,14)15-10(2)4-5-10/h7-8H,3-6H2,1-2H3,(H,11,12)/t7-,8+/m1/s1. The highest BCUT2D eigenvalue weighted by Gasteiger charge is 2.46. The Morgan fingerprint density at radius 3 is 2.56 bits per heavy atom. The van der Waals surface area contributed by atoms with Gasteiger partial charge in [0.1, 0.15) is 0 Å². The lowest BCUT2D eigenvalue weighted by molar-refractivity contribution is -0.121. The Bertz CT molecular complexity index is 399. The maximum Gasteiger partial charge on any atom is 0.362 e. The first-order valence-electron chi connectivity index (χ1n) is 5.62. The second-order valence-electron chi connectivity index (χ2n) is 4.96. The molecule has 0 radical (unpaired) electrons. The van der Waals surface area contributed by atoms with Crippen molar-refractivity contribution in [1.82, 2.24) is 4.72 Å². The molecule has 2 aliphatic rings. The smallest absolute Gasteiger partial charge is 0.274 e. The molecule has 0 heterocycles. The first-order valence-corrected chi connectivity index (χ1v) is 7.03. The van der Waals surface area contributed by atoms with E-state index in [2.05, 4.69) is 0 Å². The summed E-state index contributed by atoms with van der Waals surface area (Å²) in [5, 5.41) is 0. The van der Waals surface area contributed by atoms with Crippen LogP contribution in [-0.4, -0.2) is 19.9 Å². The van der Waals surface area contributed by atoms with E-state index in [1.54, 1.807) is 6.92 Å². The van der Waals surface area contributed by atoms with Gasteiger partial charge in [0.2, 0.25) is 5.91 Å². The molecule has 0 bridgehead atoms. The summed E-state index contributed by atoms with van der Waals surface area (Å²) in [6.07, 6.45) is 3.15. The van der Waals surface area contributed by atoms with E-state index in [-0.39, 0.29) is 5.92 Å². The van der Waals surface area contributed by atoms with E-state index in [0.717, 1.165) is 25.7 Å². The molecular weight excluding hydrogens is 230 g/mol. The Morgan fingerprint density at radius 1 is 1.50 bits per heavy atom. The van der Waals surface area contributed by atoms with Gasteiger partial charge in [-0.15, -0.1) is 0 Å². The average Bonchev–Trinajstić information content (AvgIpc) is 3.00. The van der Waals surface area contributed by atoms with Crippen LogP contribution in [-0.2, 0) is 19.3 Å². The zero-order valence-corrected chi connectivity index (χ0v) is 10.3. The predicted molar refractivity (Wildman–Crippen MR) is 57.7 cm³/mol. The van der Waals surface area contributed by atoms with Gasteiger partial charge in [-0.05, 0) is 32.1 Å². The van der Waals surface area contributed by atoms with E-state index in [4.69, 9.17) is 4.18 Å². The van der Waals surface area contributed by atoms with Crippen LogP contribution in [0.2, 0.25) is 0 Å². The summed E-state index contributed by atoms with van der Waals surface area (Å²) in [4.78, 5) is 11.5. The van der Waals surface area contributed by atoms with Crippen molar-refractivity contribution >= 4 is 16.2 Å². The van der Waals surface area contributed by atoms with Crippen molar-refractivity contribution in [3.8, 4) is 0 Å². The van der Waals surface area contributed by atoms with Crippen molar-refractivity contribution < 1.29 is 17.4 Å². The molecule has 0 aliphatic heterocycles. The van der Waals surface area contributed by atoms with Crippen molar-refractivity contribution in [2.24, 2.45) is 11.8 Å². The molecule has 6 heteroatoms. The van der Waals surface area contributed by atoms with Crippen molar-refractivity contribution in [1.29, 1.82) is 0 Å². The molecule has 0 spiro atoms. The Kier molecular flexibility index (Phi) is 2.74. The van der Waals surface area contributed by atoms with Gasteiger partial charge in [0, 0.05) is 5.92 Å². The Morgan fingerprint density at radius 2 is 2.12 bits per heavy atom. The SMILES string of the molecule is CC[C@@H]1C[C@@H]1C(=O)NS(=O)(=O)OC1(C)CC1. The molecule has 0 aromatic heterocycles. The third kappa shape index (κ3) is 2.74.